The average Bonchev–Trinajstić information content (AvgIpc) is 2.59. The summed E-state index contributed by atoms with van der Waals surface area (Å²) in [4.78, 5) is 16.0. The molecule has 0 aliphatic carbocycles. The van der Waals surface area contributed by atoms with Crippen molar-refractivity contribution < 1.29 is 15.0 Å². The van der Waals surface area contributed by atoms with E-state index in [9.17, 15) is 9.90 Å². The van der Waals surface area contributed by atoms with Crippen molar-refractivity contribution in [1.29, 1.82) is 0 Å². The first-order valence-corrected chi connectivity index (χ1v) is 8.77. The minimum atomic E-state index is -0.972. The lowest BCUT2D eigenvalue weighted by Gasteiger charge is -2.28. The normalized spacial score (nSPS) is 13.6. The van der Waals surface area contributed by atoms with Gasteiger partial charge in [0, 0.05) is 23.2 Å². The smallest absolute Gasteiger partial charge is 0.327 e. The van der Waals surface area contributed by atoms with Crippen molar-refractivity contribution in [2.24, 2.45) is 11.8 Å². The van der Waals surface area contributed by atoms with Gasteiger partial charge < -0.3 is 10.2 Å². The molecule has 25 heavy (non-hydrogen) atoms. The highest BCUT2D eigenvalue weighted by atomic mass is 35.5. The number of benzene rings is 1. The summed E-state index contributed by atoms with van der Waals surface area (Å²) in [5.74, 6) is 5.50. The molecule has 0 saturated heterocycles. The van der Waals surface area contributed by atoms with Gasteiger partial charge in [0.25, 0.3) is 0 Å². The zero-order valence-electron chi connectivity index (χ0n) is 14.2. The fourth-order valence-electron chi connectivity index (χ4n) is 3.01. The van der Waals surface area contributed by atoms with Gasteiger partial charge in [0.15, 0.2) is 0 Å². The van der Waals surface area contributed by atoms with E-state index in [0.717, 1.165) is 11.8 Å². The zero-order chi connectivity index (χ0) is 18.4. The molecular formula is C18H24ClN3O3. The molecule has 0 bridgehead atoms. The van der Waals surface area contributed by atoms with E-state index in [1.165, 1.54) is 5.01 Å². The van der Waals surface area contributed by atoms with Crippen LogP contribution in [0.25, 0.3) is 10.9 Å². The van der Waals surface area contributed by atoms with Crippen LogP contribution in [0.15, 0.2) is 30.5 Å². The molecule has 136 valence electrons. The molecule has 2 unspecified atom stereocenters. The number of hydrogen-bond donors (Lipinski definition) is 3. The maximum absolute atomic E-state index is 11.8. The van der Waals surface area contributed by atoms with Crippen LogP contribution in [-0.2, 0) is 4.79 Å². The topological polar surface area (TPSA) is 99.7 Å². The van der Waals surface area contributed by atoms with E-state index in [1.54, 1.807) is 30.5 Å². The van der Waals surface area contributed by atoms with Crippen molar-refractivity contribution in [3.8, 4) is 0 Å². The van der Waals surface area contributed by atoms with E-state index in [-0.39, 0.29) is 12.5 Å². The molecule has 0 aliphatic rings. The Morgan fingerprint density at radius 1 is 1.32 bits per heavy atom. The molecule has 1 aromatic carbocycles. The Morgan fingerprint density at radius 2 is 2.08 bits per heavy atom. The van der Waals surface area contributed by atoms with Gasteiger partial charge in [-0.25, -0.2) is 10.6 Å². The molecule has 0 amide bonds. The highest BCUT2D eigenvalue weighted by Gasteiger charge is 2.26. The molecule has 1 heterocycles. The Kier molecular flexibility index (Phi) is 6.99. The molecule has 0 saturated carbocycles. The molecule has 6 nitrogen and oxygen atoms in total. The minimum Gasteiger partial charge on any atom is -0.480 e. The second-order valence-electron chi connectivity index (χ2n) is 6.12. The number of fused-ring (bicyclic) bond motifs is 1. The third-order valence-corrected chi connectivity index (χ3v) is 4.78. The predicted molar refractivity (Wildman–Crippen MR) is 99.6 cm³/mol. The summed E-state index contributed by atoms with van der Waals surface area (Å²) in [7, 11) is 0. The van der Waals surface area contributed by atoms with Gasteiger partial charge >= 0.3 is 5.97 Å². The largest absolute Gasteiger partial charge is 0.480 e. The SMILES string of the molecule is CCC(CCO)CCC(C(=O)O)N(N)c1ccnc2cc(Cl)ccc12. The van der Waals surface area contributed by atoms with Gasteiger partial charge in [-0.05, 0) is 49.4 Å². The molecule has 0 radical (unpaired) electrons. The van der Waals surface area contributed by atoms with E-state index in [2.05, 4.69) is 4.98 Å². The first kappa shape index (κ1) is 19.4. The quantitative estimate of drug-likeness (QED) is 0.466. The Morgan fingerprint density at radius 3 is 2.72 bits per heavy atom. The molecule has 7 heteroatoms. The lowest BCUT2D eigenvalue weighted by molar-refractivity contribution is -0.138. The number of aliphatic carboxylic acids is 1. The van der Waals surface area contributed by atoms with Gasteiger partial charge in [-0.15, -0.1) is 0 Å². The number of nitrogens with zero attached hydrogens (tertiary/aromatic N) is 2. The molecule has 2 rings (SSSR count). The summed E-state index contributed by atoms with van der Waals surface area (Å²) in [5.41, 5.74) is 1.26. The average molecular weight is 366 g/mol. The predicted octanol–water partition coefficient (Wildman–Crippen LogP) is 3.21. The van der Waals surface area contributed by atoms with Crippen molar-refractivity contribution in [3.63, 3.8) is 0 Å². The fourth-order valence-corrected chi connectivity index (χ4v) is 3.18. The molecule has 4 N–H and O–H groups in total. The van der Waals surface area contributed by atoms with E-state index < -0.39 is 12.0 Å². The highest BCUT2D eigenvalue weighted by Crippen LogP contribution is 2.28. The standard InChI is InChI=1S/C18H24ClN3O3/c1-2-12(8-10-23)3-6-17(18(24)25)22(20)16-7-9-21-15-11-13(19)4-5-14(15)16/h4-5,7,9,11-12,17,23H,2-3,6,8,10,20H2,1H3,(H,24,25). The first-order chi connectivity index (χ1) is 12.0. The monoisotopic (exact) mass is 365 g/mol. The van der Waals surface area contributed by atoms with Gasteiger partial charge in [-0.2, -0.15) is 0 Å². The molecule has 0 aliphatic heterocycles. The van der Waals surface area contributed by atoms with Crippen LogP contribution < -0.4 is 10.9 Å². The number of carboxylic acid groups (broad SMARTS) is 1. The maximum Gasteiger partial charge on any atom is 0.327 e. The second kappa shape index (κ2) is 8.99. The summed E-state index contributed by atoms with van der Waals surface area (Å²) in [6, 6.07) is 6.09. The number of anilines is 1. The van der Waals surface area contributed by atoms with Gasteiger partial charge in [-0.3, -0.25) is 9.99 Å². The van der Waals surface area contributed by atoms with Crippen molar-refractivity contribution in [2.45, 2.75) is 38.6 Å². The van der Waals surface area contributed by atoms with Crippen LogP contribution in [0.3, 0.4) is 0 Å². The van der Waals surface area contributed by atoms with Gasteiger partial charge in [0.1, 0.15) is 6.04 Å². The number of hydrazine groups is 1. The number of aromatic nitrogens is 1. The van der Waals surface area contributed by atoms with Gasteiger partial charge in [0.2, 0.25) is 0 Å². The number of carboxylic acids is 1. The van der Waals surface area contributed by atoms with Crippen molar-refractivity contribution in [3.05, 3.63) is 35.5 Å². The van der Waals surface area contributed by atoms with Crippen LogP contribution >= 0.6 is 11.6 Å². The highest BCUT2D eigenvalue weighted by molar-refractivity contribution is 6.31. The summed E-state index contributed by atoms with van der Waals surface area (Å²) in [6.45, 7) is 2.15. The second-order valence-corrected chi connectivity index (χ2v) is 6.55. The van der Waals surface area contributed by atoms with Crippen LogP contribution in [0.2, 0.25) is 5.02 Å². The lowest BCUT2D eigenvalue weighted by Crippen LogP contribution is -2.46. The third-order valence-electron chi connectivity index (χ3n) is 4.54. The number of rotatable bonds is 9. The minimum absolute atomic E-state index is 0.109. The van der Waals surface area contributed by atoms with E-state index in [4.69, 9.17) is 22.6 Å². The van der Waals surface area contributed by atoms with Crippen LogP contribution in [0.1, 0.15) is 32.6 Å². The molecule has 0 spiro atoms. The molecule has 0 fully saturated rings. The zero-order valence-corrected chi connectivity index (χ0v) is 15.0. The van der Waals surface area contributed by atoms with Crippen LogP contribution in [0, 0.1) is 5.92 Å². The Hall–Kier alpha value is -1.89. The first-order valence-electron chi connectivity index (χ1n) is 8.39. The number of aliphatic hydroxyl groups is 1. The van der Waals surface area contributed by atoms with Gasteiger partial charge in [-0.1, -0.05) is 24.9 Å². The van der Waals surface area contributed by atoms with Crippen molar-refractivity contribution in [1.82, 2.24) is 4.98 Å². The lowest BCUT2D eigenvalue weighted by atomic mass is 9.94. The number of nitrogens with two attached hydrogens (primary N) is 1. The Balaban J connectivity index is 2.25. The van der Waals surface area contributed by atoms with E-state index in [1.807, 2.05) is 6.92 Å². The summed E-state index contributed by atoms with van der Waals surface area (Å²) < 4.78 is 0. The summed E-state index contributed by atoms with van der Waals surface area (Å²) >= 11 is 5.99. The summed E-state index contributed by atoms with van der Waals surface area (Å²) in [6.07, 6.45) is 4.25. The summed E-state index contributed by atoms with van der Waals surface area (Å²) in [5, 5.41) is 21.3. The van der Waals surface area contributed by atoms with Crippen LogP contribution in [0.4, 0.5) is 5.69 Å². The molecule has 2 aromatic rings. The number of halogens is 1. The molecule has 1 aromatic heterocycles. The van der Waals surface area contributed by atoms with Crippen LogP contribution in [-0.4, -0.2) is 33.8 Å². The number of hydrogen-bond acceptors (Lipinski definition) is 5. The fraction of sp³-hybridized carbons (Fsp3) is 0.444. The molecule has 2 atom stereocenters. The number of aliphatic hydroxyl groups excluding tert-OH is 1. The van der Waals surface area contributed by atoms with Crippen molar-refractivity contribution in [2.75, 3.05) is 11.6 Å². The Labute approximate surface area is 152 Å². The third kappa shape index (κ3) is 4.81. The maximum atomic E-state index is 11.8. The van der Waals surface area contributed by atoms with Crippen LogP contribution in [0.5, 0.6) is 0 Å². The van der Waals surface area contributed by atoms with E-state index >= 15 is 0 Å². The number of pyridine rings is 1. The van der Waals surface area contributed by atoms with Gasteiger partial charge in [0.05, 0.1) is 11.2 Å². The number of carbonyl (C=O) groups is 1. The van der Waals surface area contributed by atoms with E-state index in [0.29, 0.717) is 35.5 Å². The van der Waals surface area contributed by atoms with Crippen molar-refractivity contribution >= 4 is 34.2 Å². The molecular weight excluding hydrogens is 342 g/mol. The Bertz CT molecular complexity index is 726.